The van der Waals surface area contributed by atoms with E-state index in [1.807, 2.05) is 0 Å². The van der Waals surface area contributed by atoms with Crippen LogP contribution in [-0.4, -0.2) is 35.1 Å². The quantitative estimate of drug-likeness (QED) is 0.592. The SMILES string of the molecule is CC(=O)N1C[C@H](C)C[C@H]1CO. The van der Waals surface area contributed by atoms with E-state index in [4.69, 9.17) is 5.11 Å². The minimum Gasteiger partial charge on any atom is -0.394 e. The molecule has 1 N–H and O–H groups in total. The van der Waals surface area contributed by atoms with Gasteiger partial charge in [0.05, 0.1) is 12.6 Å². The minimum absolute atomic E-state index is 0.0718. The molecule has 2 atom stereocenters. The van der Waals surface area contributed by atoms with Gasteiger partial charge in [-0.3, -0.25) is 4.79 Å². The second-order valence-electron chi connectivity index (χ2n) is 3.35. The summed E-state index contributed by atoms with van der Waals surface area (Å²) in [5, 5.41) is 8.91. The van der Waals surface area contributed by atoms with Crippen molar-refractivity contribution in [3.05, 3.63) is 0 Å². The average molecular weight is 157 g/mol. The number of carbonyl (C=O) groups is 1. The third-order valence-electron chi connectivity index (χ3n) is 2.24. The predicted molar refractivity (Wildman–Crippen MR) is 42.0 cm³/mol. The normalized spacial score (nSPS) is 31.0. The van der Waals surface area contributed by atoms with Crippen molar-refractivity contribution in [2.75, 3.05) is 13.2 Å². The van der Waals surface area contributed by atoms with Crippen LogP contribution in [0.25, 0.3) is 0 Å². The minimum atomic E-state index is 0.0718. The molecule has 0 bridgehead atoms. The van der Waals surface area contributed by atoms with Crippen LogP contribution in [0.4, 0.5) is 0 Å². The van der Waals surface area contributed by atoms with Crippen LogP contribution in [0.15, 0.2) is 0 Å². The monoisotopic (exact) mass is 157 g/mol. The van der Waals surface area contributed by atoms with Crippen molar-refractivity contribution in [3.8, 4) is 0 Å². The summed E-state index contributed by atoms with van der Waals surface area (Å²) in [6.07, 6.45) is 0.941. The number of carbonyl (C=O) groups excluding carboxylic acids is 1. The molecule has 1 fully saturated rings. The second kappa shape index (κ2) is 3.22. The Hall–Kier alpha value is -0.570. The van der Waals surface area contributed by atoms with Crippen LogP contribution in [0.1, 0.15) is 20.3 Å². The molecule has 0 aliphatic carbocycles. The number of amides is 1. The van der Waals surface area contributed by atoms with Crippen molar-refractivity contribution >= 4 is 5.91 Å². The summed E-state index contributed by atoms with van der Waals surface area (Å²) >= 11 is 0. The first-order valence-electron chi connectivity index (χ1n) is 4.03. The van der Waals surface area contributed by atoms with Crippen molar-refractivity contribution in [1.82, 2.24) is 4.90 Å². The van der Waals surface area contributed by atoms with Gasteiger partial charge in [-0.05, 0) is 12.3 Å². The van der Waals surface area contributed by atoms with E-state index in [2.05, 4.69) is 6.92 Å². The first-order chi connectivity index (χ1) is 5.15. The third-order valence-corrected chi connectivity index (χ3v) is 2.24. The molecule has 0 aromatic heterocycles. The lowest BCUT2D eigenvalue weighted by molar-refractivity contribution is -0.130. The van der Waals surface area contributed by atoms with Crippen molar-refractivity contribution in [2.24, 2.45) is 5.92 Å². The number of hydrogen-bond acceptors (Lipinski definition) is 2. The van der Waals surface area contributed by atoms with E-state index in [-0.39, 0.29) is 18.6 Å². The number of aliphatic hydroxyl groups excluding tert-OH is 1. The fourth-order valence-corrected chi connectivity index (χ4v) is 1.71. The van der Waals surface area contributed by atoms with E-state index >= 15 is 0 Å². The largest absolute Gasteiger partial charge is 0.394 e. The molecule has 0 aromatic carbocycles. The zero-order valence-corrected chi connectivity index (χ0v) is 7.08. The third kappa shape index (κ3) is 1.71. The molecule has 1 saturated heterocycles. The molecule has 1 heterocycles. The summed E-state index contributed by atoms with van der Waals surface area (Å²) in [5.74, 6) is 0.615. The molecule has 3 heteroatoms. The summed E-state index contributed by atoms with van der Waals surface area (Å²) in [6.45, 7) is 4.57. The lowest BCUT2D eigenvalue weighted by atomic mass is 10.1. The number of likely N-dealkylation sites (tertiary alicyclic amines) is 1. The maximum Gasteiger partial charge on any atom is 0.219 e. The van der Waals surface area contributed by atoms with E-state index in [1.165, 1.54) is 0 Å². The summed E-state index contributed by atoms with van der Waals surface area (Å²) in [6, 6.07) is 0.0718. The van der Waals surface area contributed by atoms with Gasteiger partial charge in [-0.1, -0.05) is 6.92 Å². The van der Waals surface area contributed by atoms with Crippen molar-refractivity contribution in [3.63, 3.8) is 0 Å². The van der Waals surface area contributed by atoms with Crippen LogP contribution in [0, 0.1) is 5.92 Å². The van der Waals surface area contributed by atoms with Crippen LogP contribution < -0.4 is 0 Å². The fraction of sp³-hybridized carbons (Fsp3) is 0.875. The van der Waals surface area contributed by atoms with Crippen molar-refractivity contribution < 1.29 is 9.90 Å². The zero-order valence-electron chi connectivity index (χ0n) is 7.08. The van der Waals surface area contributed by atoms with Gasteiger partial charge in [0.1, 0.15) is 0 Å². The highest BCUT2D eigenvalue weighted by Crippen LogP contribution is 2.21. The topological polar surface area (TPSA) is 40.5 Å². The van der Waals surface area contributed by atoms with E-state index in [0.717, 1.165) is 13.0 Å². The van der Waals surface area contributed by atoms with Gasteiger partial charge in [-0.15, -0.1) is 0 Å². The average Bonchev–Trinajstić information content (AvgIpc) is 2.30. The van der Waals surface area contributed by atoms with Crippen LogP contribution in [0.3, 0.4) is 0 Å². The summed E-state index contributed by atoms with van der Waals surface area (Å²) in [5.41, 5.74) is 0. The molecule has 0 saturated carbocycles. The number of nitrogens with zero attached hydrogens (tertiary/aromatic N) is 1. The Morgan fingerprint density at radius 3 is 2.73 bits per heavy atom. The summed E-state index contributed by atoms with van der Waals surface area (Å²) in [4.78, 5) is 12.7. The molecule has 11 heavy (non-hydrogen) atoms. The van der Waals surface area contributed by atoms with Gasteiger partial charge in [0.25, 0.3) is 0 Å². The molecule has 3 nitrogen and oxygen atoms in total. The van der Waals surface area contributed by atoms with E-state index < -0.39 is 0 Å². The molecular formula is C8H15NO2. The molecule has 0 spiro atoms. The zero-order chi connectivity index (χ0) is 8.43. The standard InChI is InChI=1S/C8H15NO2/c1-6-3-8(5-10)9(4-6)7(2)11/h6,8,10H,3-5H2,1-2H3/t6-,8+/m1/s1. The van der Waals surface area contributed by atoms with Crippen LogP contribution >= 0.6 is 0 Å². The number of hydrogen-bond donors (Lipinski definition) is 1. The highest BCUT2D eigenvalue weighted by Gasteiger charge is 2.30. The second-order valence-corrected chi connectivity index (χ2v) is 3.35. The van der Waals surface area contributed by atoms with Gasteiger partial charge in [0.2, 0.25) is 5.91 Å². The van der Waals surface area contributed by atoms with Gasteiger partial charge < -0.3 is 10.0 Å². The molecule has 64 valence electrons. The van der Waals surface area contributed by atoms with Gasteiger partial charge in [0, 0.05) is 13.5 Å². The molecular weight excluding hydrogens is 142 g/mol. The van der Waals surface area contributed by atoms with Gasteiger partial charge in [0.15, 0.2) is 0 Å². The van der Waals surface area contributed by atoms with E-state index in [0.29, 0.717) is 5.92 Å². The van der Waals surface area contributed by atoms with Crippen LogP contribution in [0.5, 0.6) is 0 Å². The Bertz CT molecular complexity index is 158. The molecule has 0 aromatic rings. The van der Waals surface area contributed by atoms with Crippen molar-refractivity contribution in [1.29, 1.82) is 0 Å². The molecule has 0 radical (unpaired) electrons. The first-order valence-corrected chi connectivity index (χ1v) is 4.03. The number of aliphatic hydroxyl groups is 1. The smallest absolute Gasteiger partial charge is 0.219 e. The van der Waals surface area contributed by atoms with Crippen LogP contribution in [0.2, 0.25) is 0 Å². The molecule has 1 aliphatic rings. The van der Waals surface area contributed by atoms with E-state index in [9.17, 15) is 4.79 Å². The first kappa shape index (κ1) is 8.53. The van der Waals surface area contributed by atoms with Crippen molar-refractivity contribution in [2.45, 2.75) is 26.3 Å². The Labute approximate surface area is 67.0 Å². The molecule has 1 rings (SSSR count). The molecule has 1 aliphatic heterocycles. The molecule has 1 amide bonds. The highest BCUT2D eigenvalue weighted by atomic mass is 16.3. The summed E-state index contributed by atoms with van der Waals surface area (Å²) in [7, 11) is 0. The van der Waals surface area contributed by atoms with Crippen LogP contribution in [-0.2, 0) is 4.79 Å². The molecule has 0 unspecified atom stereocenters. The van der Waals surface area contributed by atoms with Gasteiger partial charge >= 0.3 is 0 Å². The van der Waals surface area contributed by atoms with Gasteiger partial charge in [-0.25, -0.2) is 0 Å². The predicted octanol–water partition coefficient (Wildman–Crippen LogP) is 0.236. The Kier molecular flexibility index (Phi) is 2.49. The lowest BCUT2D eigenvalue weighted by Crippen LogP contribution is -2.35. The Morgan fingerprint density at radius 1 is 1.73 bits per heavy atom. The lowest BCUT2D eigenvalue weighted by Gasteiger charge is -2.20. The highest BCUT2D eigenvalue weighted by molar-refractivity contribution is 5.73. The van der Waals surface area contributed by atoms with Gasteiger partial charge in [-0.2, -0.15) is 0 Å². The number of rotatable bonds is 1. The van der Waals surface area contributed by atoms with E-state index in [1.54, 1.807) is 11.8 Å². The fourth-order valence-electron chi connectivity index (χ4n) is 1.71. The summed E-state index contributed by atoms with van der Waals surface area (Å²) < 4.78 is 0. The maximum absolute atomic E-state index is 11.0. The Morgan fingerprint density at radius 2 is 2.36 bits per heavy atom. The maximum atomic E-state index is 11.0. The Balaban J connectivity index is 2.57.